The van der Waals surface area contributed by atoms with Crippen LogP contribution < -0.4 is 10.6 Å². The van der Waals surface area contributed by atoms with Crippen molar-refractivity contribution >= 4 is 61.3 Å². The maximum absolute atomic E-state index is 14.0. The van der Waals surface area contributed by atoms with Crippen molar-refractivity contribution in [2.45, 2.75) is 32.6 Å². The van der Waals surface area contributed by atoms with Gasteiger partial charge >= 0.3 is 5.97 Å². The first-order valence-electron chi connectivity index (χ1n) is 8.34. The molecule has 0 amide bonds. The smallest absolute Gasteiger partial charge is 0.341 e. The number of hydrogen-bond donors (Lipinski definition) is 2. The van der Waals surface area contributed by atoms with Gasteiger partial charge in [-0.05, 0) is 68.6 Å². The van der Waals surface area contributed by atoms with Gasteiger partial charge in [0, 0.05) is 9.35 Å². The molecule has 0 atom stereocenters. The normalized spacial score (nSPS) is 13.0. The van der Waals surface area contributed by atoms with E-state index in [-0.39, 0.29) is 16.8 Å². The van der Waals surface area contributed by atoms with Gasteiger partial charge in [-0.15, -0.1) is 11.3 Å². The molecule has 0 saturated carbocycles. The lowest BCUT2D eigenvalue weighted by molar-refractivity contribution is 0.0526. The van der Waals surface area contributed by atoms with E-state index in [1.165, 1.54) is 22.3 Å². The van der Waals surface area contributed by atoms with Gasteiger partial charge in [0.2, 0.25) is 0 Å². The molecular formula is C18H18BrFN2O2S2. The van der Waals surface area contributed by atoms with E-state index < -0.39 is 5.82 Å². The van der Waals surface area contributed by atoms with E-state index in [0.717, 1.165) is 31.2 Å². The third-order valence-corrected chi connectivity index (χ3v) is 5.96. The lowest BCUT2D eigenvalue weighted by Gasteiger charge is -2.13. The van der Waals surface area contributed by atoms with Gasteiger partial charge in [0.05, 0.1) is 17.9 Å². The fraction of sp³-hybridized carbons (Fsp3) is 0.333. The Bertz CT molecular complexity index is 854. The quantitative estimate of drug-likeness (QED) is 0.468. The minimum Gasteiger partial charge on any atom is -0.462 e. The first kappa shape index (κ1) is 19.3. The second-order valence-electron chi connectivity index (χ2n) is 5.84. The Labute approximate surface area is 169 Å². The van der Waals surface area contributed by atoms with E-state index in [4.69, 9.17) is 17.0 Å². The number of anilines is 2. The zero-order chi connectivity index (χ0) is 18.7. The van der Waals surface area contributed by atoms with Crippen LogP contribution in [0, 0.1) is 5.82 Å². The third kappa shape index (κ3) is 4.24. The standard InChI is InChI=1S/C18H18BrFN2O2S2/c1-2-24-17(23)15-11-5-3-4-6-14(11)26-16(15)22-18(25)21-13-8-7-10(19)9-12(13)20/h7-9H,2-6H2,1H3,(H2,21,22,25). The number of ether oxygens (including phenoxy) is 1. The van der Waals surface area contributed by atoms with E-state index >= 15 is 0 Å². The molecule has 0 aliphatic heterocycles. The Morgan fingerprint density at radius 3 is 2.85 bits per heavy atom. The van der Waals surface area contributed by atoms with Crippen molar-refractivity contribution in [1.82, 2.24) is 0 Å². The molecule has 1 aromatic carbocycles. The highest BCUT2D eigenvalue weighted by Crippen LogP contribution is 2.38. The average Bonchev–Trinajstić information content (AvgIpc) is 2.95. The molecule has 0 fully saturated rings. The number of thiocarbonyl (C=S) groups is 1. The van der Waals surface area contributed by atoms with Crippen LogP contribution in [0.3, 0.4) is 0 Å². The van der Waals surface area contributed by atoms with Gasteiger partial charge in [-0.3, -0.25) is 0 Å². The molecule has 1 heterocycles. The Balaban J connectivity index is 1.83. The number of halogens is 2. The third-order valence-electron chi connectivity index (χ3n) is 4.06. The number of nitrogens with one attached hydrogen (secondary N) is 2. The number of benzene rings is 1. The summed E-state index contributed by atoms with van der Waals surface area (Å²) < 4.78 is 19.9. The summed E-state index contributed by atoms with van der Waals surface area (Å²) in [6, 6.07) is 4.68. The number of carbonyl (C=O) groups excluding carboxylic acids is 1. The predicted molar refractivity (Wildman–Crippen MR) is 111 cm³/mol. The van der Waals surface area contributed by atoms with Crippen LogP contribution in [0.4, 0.5) is 15.1 Å². The second kappa shape index (κ2) is 8.45. The maximum Gasteiger partial charge on any atom is 0.341 e. The summed E-state index contributed by atoms with van der Waals surface area (Å²) in [4.78, 5) is 13.6. The first-order chi connectivity index (χ1) is 12.5. The fourth-order valence-electron chi connectivity index (χ4n) is 2.92. The van der Waals surface area contributed by atoms with Crippen molar-refractivity contribution in [3.8, 4) is 0 Å². The number of carbonyl (C=O) groups is 1. The maximum atomic E-state index is 14.0. The highest BCUT2D eigenvalue weighted by atomic mass is 79.9. The Morgan fingerprint density at radius 1 is 1.35 bits per heavy atom. The molecule has 1 aliphatic rings. The van der Waals surface area contributed by atoms with Gasteiger partial charge in [0.15, 0.2) is 5.11 Å². The fourth-order valence-corrected chi connectivity index (χ4v) is 4.81. The van der Waals surface area contributed by atoms with Crippen molar-refractivity contribution < 1.29 is 13.9 Å². The summed E-state index contributed by atoms with van der Waals surface area (Å²) in [5.74, 6) is -0.758. The number of aryl methyl sites for hydroxylation is 1. The molecule has 0 bridgehead atoms. The molecule has 2 aromatic rings. The van der Waals surface area contributed by atoms with Crippen LogP contribution in [-0.4, -0.2) is 17.7 Å². The topological polar surface area (TPSA) is 50.4 Å². The predicted octanol–water partition coefficient (Wildman–Crippen LogP) is 5.51. The van der Waals surface area contributed by atoms with Gasteiger partial charge in [0.1, 0.15) is 10.8 Å². The molecule has 3 rings (SSSR count). The Hall–Kier alpha value is -1.51. The summed E-state index contributed by atoms with van der Waals surface area (Å²) in [7, 11) is 0. The zero-order valence-corrected chi connectivity index (χ0v) is 17.4. The largest absolute Gasteiger partial charge is 0.462 e. The molecule has 1 aliphatic carbocycles. The van der Waals surface area contributed by atoms with Crippen molar-refractivity contribution in [2.75, 3.05) is 17.2 Å². The minimum absolute atomic E-state index is 0.232. The summed E-state index contributed by atoms with van der Waals surface area (Å²) in [5, 5.41) is 6.79. The Morgan fingerprint density at radius 2 is 2.12 bits per heavy atom. The van der Waals surface area contributed by atoms with Gasteiger partial charge < -0.3 is 15.4 Å². The van der Waals surface area contributed by atoms with Crippen LogP contribution in [0.5, 0.6) is 0 Å². The van der Waals surface area contributed by atoms with E-state index in [9.17, 15) is 9.18 Å². The van der Waals surface area contributed by atoms with Crippen molar-refractivity contribution in [3.63, 3.8) is 0 Å². The van der Waals surface area contributed by atoms with Crippen LogP contribution in [0.15, 0.2) is 22.7 Å². The SMILES string of the molecule is CCOC(=O)c1c(NC(=S)Nc2ccc(Br)cc2F)sc2c1CCCC2. The summed E-state index contributed by atoms with van der Waals surface area (Å²) >= 11 is 10.1. The lowest BCUT2D eigenvalue weighted by Crippen LogP contribution is -2.21. The molecule has 0 saturated heterocycles. The van der Waals surface area contributed by atoms with E-state index in [1.807, 2.05) is 0 Å². The van der Waals surface area contributed by atoms with E-state index in [1.54, 1.807) is 19.1 Å². The minimum atomic E-state index is -0.417. The molecule has 8 heteroatoms. The van der Waals surface area contributed by atoms with Crippen LogP contribution in [0.25, 0.3) is 0 Å². The molecule has 4 nitrogen and oxygen atoms in total. The molecule has 0 radical (unpaired) electrons. The number of thiophene rings is 1. The lowest BCUT2D eigenvalue weighted by atomic mass is 9.95. The highest BCUT2D eigenvalue weighted by Gasteiger charge is 2.26. The van der Waals surface area contributed by atoms with Crippen molar-refractivity contribution in [2.24, 2.45) is 0 Å². The van der Waals surface area contributed by atoms with E-state index in [2.05, 4.69) is 26.6 Å². The van der Waals surface area contributed by atoms with Crippen LogP contribution >= 0.6 is 39.5 Å². The van der Waals surface area contributed by atoms with Gasteiger partial charge in [-0.2, -0.15) is 0 Å². The number of hydrogen-bond acceptors (Lipinski definition) is 4. The van der Waals surface area contributed by atoms with Gasteiger partial charge in [-0.1, -0.05) is 15.9 Å². The average molecular weight is 457 g/mol. The molecule has 0 spiro atoms. The van der Waals surface area contributed by atoms with E-state index in [0.29, 0.717) is 21.6 Å². The summed E-state index contributed by atoms with van der Waals surface area (Å²) in [6.45, 7) is 2.10. The van der Waals surface area contributed by atoms with Crippen LogP contribution in [-0.2, 0) is 17.6 Å². The Kier molecular flexibility index (Phi) is 6.26. The number of rotatable bonds is 4. The molecular weight excluding hydrogens is 439 g/mol. The van der Waals surface area contributed by atoms with Crippen molar-refractivity contribution in [3.05, 3.63) is 44.5 Å². The first-order valence-corrected chi connectivity index (χ1v) is 10.4. The molecule has 0 unspecified atom stereocenters. The van der Waals surface area contributed by atoms with Crippen molar-refractivity contribution in [1.29, 1.82) is 0 Å². The van der Waals surface area contributed by atoms with Crippen LogP contribution in [0.2, 0.25) is 0 Å². The molecule has 138 valence electrons. The number of esters is 1. The molecule has 2 N–H and O–H groups in total. The van der Waals surface area contributed by atoms with Gasteiger partial charge in [-0.25, -0.2) is 9.18 Å². The zero-order valence-electron chi connectivity index (χ0n) is 14.2. The van der Waals surface area contributed by atoms with Crippen LogP contribution in [0.1, 0.15) is 40.6 Å². The second-order valence-corrected chi connectivity index (χ2v) is 8.27. The highest BCUT2D eigenvalue weighted by molar-refractivity contribution is 9.10. The summed E-state index contributed by atoms with van der Waals surface area (Å²) in [5.41, 5.74) is 1.89. The molecule has 26 heavy (non-hydrogen) atoms. The monoisotopic (exact) mass is 456 g/mol. The molecule has 1 aromatic heterocycles. The summed E-state index contributed by atoms with van der Waals surface area (Å²) in [6.07, 6.45) is 3.99. The van der Waals surface area contributed by atoms with Gasteiger partial charge in [0.25, 0.3) is 0 Å². The number of fused-ring (bicyclic) bond motifs is 1.